The fourth-order valence-corrected chi connectivity index (χ4v) is 4.01. The van der Waals surface area contributed by atoms with Gasteiger partial charge in [0.25, 0.3) is 10.0 Å². The first-order valence-electron chi connectivity index (χ1n) is 5.68. The van der Waals surface area contributed by atoms with Gasteiger partial charge in [-0.25, -0.2) is 8.42 Å². The highest BCUT2D eigenvalue weighted by atomic mass is 32.2. The first-order valence-corrected chi connectivity index (χ1v) is 7.12. The molecule has 0 unspecified atom stereocenters. The summed E-state index contributed by atoms with van der Waals surface area (Å²) in [5.41, 5.74) is 0. The molecule has 6 nitrogen and oxygen atoms in total. The number of aromatic nitrogens is 1. The SMILES string of the molecule is C[C@@H]1CN(S(=O)(=O)c2cccn2C)C[C@H]1C(=O)O. The smallest absolute Gasteiger partial charge is 0.308 e. The lowest BCUT2D eigenvalue weighted by atomic mass is 9.99. The van der Waals surface area contributed by atoms with E-state index >= 15 is 0 Å². The predicted molar refractivity (Wildman–Crippen MR) is 64.5 cm³/mol. The summed E-state index contributed by atoms with van der Waals surface area (Å²) in [6.07, 6.45) is 1.65. The molecular weight excluding hydrogens is 256 g/mol. The van der Waals surface area contributed by atoms with E-state index in [1.165, 1.54) is 14.9 Å². The lowest BCUT2D eigenvalue weighted by molar-refractivity contribution is -0.142. The number of sulfonamides is 1. The number of rotatable bonds is 3. The van der Waals surface area contributed by atoms with Gasteiger partial charge in [0.1, 0.15) is 5.03 Å². The van der Waals surface area contributed by atoms with Crippen LogP contribution in [-0.2, 0) is 21.9 Å². The molecule has 100 valence electrons. The number of aliphatic carboxylic acids is 1. The number of aryl methyl sites for hydroxylation is 1. The van der Waals surface area contributed by atoms with Crippen LogP contribution in [0.4, 0.5) is 0 Å². The fraction of sp³-hybridized carbons (Fsp3) is 0.545. The molecule has 18 heavy (non-hydrogen) atoms. The number of hydrogen-bond donors (Lipinski definition) is 1. The van der Waals surface area contributed by atoms with Gasteiger partial charge in [0.05, 0.1) is 5.92 Å². The van der Waals surface area contributed by atoms with Crippen molar-refractivity contribution >= 4 is 16.0 Å². The van der Waals surface area contributed by atoms with Crippen LogP contribution in [0.25, 0.3) is 0 Å². The van der Waals surface area contributed by atoms with Crippen molar-refractivity contribution < 1.29 is 18.3 Å². The van der Waals surface area contributed by atoms with Crippen molar-refractivity contribution in [2.24, 2.45) is 18.9 Å². The van der Waals surface area contributed by atoms with Crippen molar-refractivity contribution in [3.8, 4) is 0 Å². The standard InChI is InChI=1S/C11H16N2O4S/c1-8-6-13(7-9(8)11(14)15)18(16,17)10-4-3-5-12(10)2/h3-5,8-9H,6-7H2,1-2H3,(H,14,15)/t8-,9-/m1/s1. The predicted octanol–water partition coefficient (Wildman–Crippen LogP) is 0.366. The Morgan fingerprint density at radius 2 is 2.11 bits per heavy atom. The number of hydrogen-bond acceptors (Lipinski definition) is 3. The summed E-state index contributed by atoms with van der Waals surface area (Å²) >= 11 is 0. The fourth-order valence-electron chi connectivity index (χ4n) is 2.29. The Morgan fingerprint density at radius 1 is 1.44 bits per heavy atom. The van der Waals surface area contributed by atoms with Crippen molar-refractivity contribution in [1.82, 2.24) is 8.87 Å². The summed E-state index contributed by atoms with van der Waals surface area (Å²) in [4.78, 5) is 11.0. The second-order valence-corrected chi connectivity index (χ2v) is 6.59. The van der Waals surface area contributed by atoms with E-state index in [1.807, 2.05) is 0 Å². The maximum Gasteiger partial charge on any atom is 0.308 e. The molecule has 1 aromatic rings. The van der Waals surface area contributed by atoms with Gasteiger partial charge in [0.15, 0.2) is 0 Å². The molecule has 1 fully saturated rings. The minimum atomic E-state index is -3.59. The third kappa shape index (κ3) is 2.04. The molecule has 0 amide bonds. The van der Waals surface area contributed by atoms with Crippen molar-refractivity contribution in [2.45, 2.75) is 11.9 Å². The van der Waals surface area contributed by atoms with Gasteiger partial charge < -0.3 is 9.67 Å². The molecule has 0 radical (unpaired) electrons. The second kappa shape index (κ2) is 4.40. The van der Waals surface area contributed by atoms with Crippen molar-refractivity contribution in [3.63, 3.8) is 0 Å². The molecule has 1 aromatic heterocycles. The molecular formula is C11H16N2O4S. The molecule has 0 bridgehead atoms. The monoisotopic (exact) mass is 272 g/mol. The highest BCUT2D eigenvalue weighted by Crippen LogP contribution is 2.28. The molecule has 0 aromatic carbocycles. The van der Waals surface area contributed by atoms with Crippen molar-refractivity contribution in [2.75, 3.05) is 13.1 Å². The van der Waals surface area contributed by atoms with Crippen LogP contribution < -0.4 is 0 Å². The Hall–Kier alpha value is -1.34. The molecule has 0 spiro atoms. The summed E-state index contributed by atoms with van der Waals surface area (Å²) in [6.45, 7) is 2.06. The summed E-state index contributed by atoms with van der Waals surface area (Å²) in [5, 5.41) is 9.22. The molecule has 2 heterocycles. The van der Waals surface area contributed by atoms with Gasteiger partial charge in [0.2, 0.25) is 0 Å². The van der Waals surface area contributed by atoms with Crippen LogP contribution in [0, 0.1) is 11.8 Å². The Balaban J connectivity index is 2.29. The van der Waals surface area contributed by atoms with Crippen LogP contribution in [0.15, 0.2) is 23.4 Å². The molecule has 1 saturated heterocycles. The minimum absolute atomic E-state index is 0.0456. The van der Waals surface area contributed by atoms with Crippen LogP contribution in [0.3, 0.4) is 0 Å². The number of carbonyl (C=O) groups is 1. The third-order valence-corrected chi connectivity index (χ3v) is 5.33. The Bertz CT molecular complexity index is 563. The molecule has 0 aliphatic carbocycles. The summed E-state index contributed by atoms with van der Waals surface area (Å²) in [5.74, 6) is -1.73. The zero-order chi connectivity index (χ0) is 13.5. The van der Waals surface area contributed by atoms with Gasteiger partial charge in [-0.05, 0) is 18.1 Å². The van der Waals surface area contributed by atoms with Crippen LogP contribution in [0.2, 0.25) is 0 Å². The normalized spacial score (nSPS) is 25.4. The number of carboxylic acids is 1. The highest BCUT2D eigenvalue weighted by molar-refractivity contribution is 7.89. The van der Waals surface area contributed by atoms with Crippen LogP contribution >= 0.6 is 0 Å². The first-order chi connectivity index (χ1) is 8.34. The molecule has 1 aliphatic heterocycles. The Kier molecular flexibility index (Phi) is 3.20. The van der Waals surface area contributed by atoms with Crippen molar-refractivity contribution in [3.05, 3.63) is 18.3 Å². The summed E-state index contributed by atoms with van der Waals surface area (Å²) < 4.78 is 27.5. The van der Waals surface area contributed by atoms with Gasteiger partial charge in [-0.2, -0.15) is 4.31 Å². The van der Waals surface area contributed by atoms with Gasteiger partial charge in [-0.15, -0.1) is 0 Å². The molecule has 1 aliphatic rings. The van der Waals surface area contributed by atoms with Crippen molar-refractivity contribution in [1.29, 1.82) is 0 Å². The van der Waals surface area contributed by atoms with E-state index in [0.29, 0.717) is 0 Å². The molecule has 2 rings (SSSR count). The highest BCUT2D eigenvalue weighted by Gasteiger charge is 2.41. The van der Waals surface area contributed by atoms with Gasteiger partial charge >= 0.3 is 5.97 Å². The van der Waals surface area contributed by atoms with Crippen LogP contribution in [-0.4, -0.2) is 41.5 Å². The van der Waals surface area contributed by atoms with Crippen LogP contribution in [0.1, 0.15) is 6.92 Å². The number of carboxylic acid groups (broad SMARTS) is 1. The molecule has 0 saturated carbocycles. The lowest BCUT2D eigenvalue weighted by Crippen LogP contribution is -2.31. The average Bonchev–Trinajstić information content (AvgIpc) is 2.84. The molecule has 7 heteroatoms. The second-order valence-electron chi connectivity index (χ2n) is 4.70. The van der Waals surface area contributed by atoms with Crippen LogP contribution in [0.5, 0.6) is 0 Å². The first kappa shape index (κ1) is 13.1. The number of nitrogens with zero attached hydrogens (tertiary/aromatic N) is 2. The van der Waals surface area contributed by atoms with Gasteiger partial charge in [-0.3, -0.25) is 4.79 Å². The maximum absolute atomic E-state index is 12.3. The van der Waals surface area contributed by atoms with E-state index in [1.54, 1.807) is 26.2 Å². The third-order valence-electron chi connectivity index (χ3n) is 3.40. The Morgan fingerprint density at radius 3 is 2.56 bits per heavy atom. The lowest BCUT2D eigenvalue weighted by Gasteiger charge is -2.16. The van der Waals surface area contributed by atoms with Gasteiger partial charge in [-0.1, -0.05) is 6.92 Å². The van der Waals surface area contributed by atoms with E-state index in [0.717, 1.165) is 0 Å². The largest absolute Gasteiger partial charge is 0.481 e. The zero-order valence-electron chi connectivity index (χ0n) is 10.3. The Labute approximate surface area is 106 Å². The molecule has 1 N–H and O–H groups in total. The van der Waals surface area contributed by atoms with E-state index in [-0.39, 0.29) is 24.0 Å². The summed E-state index contributed by atoms with van der Waals surface area (Å²) in [6, 6.07) is 3.18. The van der Waals surface area contributed by atoms with E-state index < -0.39 is 21.9 Å². The molecule has 2 atom stereocenters. The van der Waals surface area contributed by atoms with E-state index in [9.17, 15) is 13.2 Å². The topological polar surface area (TPSA) is 79.6 Å². The quantitative estimate of drug-likeness (QED) is 0.862. The maximum atomic E-state index is 12.3. The minimum Gasteiger partial charge on any atom is -0.481 e. The van der Waals surface area contributed by atoms with E-state index in [2.05, 4.69) is 0 Å². The average molecular weight is 272 g/mol. The zero-order valence-corrected chi connectivity index (χ0v) is 11.1. The van der Waals surface area contributed by atoms with E-state index in [4.69, 9.17) is 5.11 Å². The summed E-state index contributed by atoms with van der Waals surface area (Å²) in [7, 11) is -1.94. The van der Waals surface area contributed by atoms with Gasteiger partial charge in [0, 0.05) is 26.3 Å².